The summed E-state index contributed by atoms with van der Waals surface area (Å²) in [5.74, 6) is 0. The lowest BCUT2D eigenvalue weighted by Gasteiger charge is -2.20. The number of aldehydes is 1. The van der Waals surface area contributed by atoms with Crippen molar-refractivity contribution >= 4 is 22.2 Å². The molecule has 1 aromatic rings. The summed E-state index contributed by atoms with van der Waals surface area (Å²) in [7, 11) is 0. The Labute approximate surface area is 93.7 Å². The van der Waals surface area contributed by atoms with Gasteiger partial charge in [-0.05, 0) is 16.5 Å². The Morgan fingerprint density at radius 3 is 2.50 bits per heavy atom. The largest absolute Gasteiger partial charge is 0.302 e. The van der Waals surface area contributed by atoms with E-state index in [4.69, 9.17) is 0 Å². The molecule has 1 aromatic carbocycles. The van der Waals surface area contributed by atoms with E-state index in [0.29, 0.717) is 0 Å². The van der Waals surface area contributed by atoms with Gasteiger partial charge in [-0.3, -0.25) is 0 Å². The standard InChI is InChI=1S/C12H15BrO/c1-12(2,3)10-6-4-5-9(7-10)11(13)8-14/h4-8,11H,1-3H3/t11-/m1/s1. The zero-order valence-electron chi connectivity index (χ0n) is 8.75. The number of hydrogen-bond acceptors (Lipinski definition) is 1. The molecule has 0 radical (unpaired) electrons. The molecule has 0 aliphatic heterocycles. The summed E-state index contributed by atoms with van der Waals surface area (Å²) >= 11 is 3.32. The fourth-order valence-corrected chi connectivity index (χ4v) is 1.54. The van der Waals surface area contributed by atoms with Gasteiger partial charge >= 0.3 is 0 Å². The van der Waals surface area contributed by atoms with Crippen molar-refractivity contribution < 1.29 is 4.79 Å². The van der Waals surface area contributed by atoms with E-state index in [1.54, 1.807) is 0 Å². The third-order valence-electron chi connectivity index (χ3n) is 2.19. The molecule has 14 heavy (non-hydrogen) atoms. The third-order valence-corrected chi connectivity index (χ3v) is 2.94. The van der Waals surface area contributed by atoms with Gasteiger partial charge in [0, 0.05) is 0 Å². The number of carbonyl (C=O) groups is 1. The molecular formula is C12H15BrO. The van der Waals surface area contributed by atoms with E-state index in [0.717, 1.165) is 11.8 Å². The van der Waals surface area contributed by atoms with E-state index in [9.17, 15) is 4.79 Å². The van der Waals surface area contributed by atoms with E-state index in [1.807, 2.05) is 12.1 Å². The van der Waals surface area contributed by atoms with Gasteiger partial charge < -0.3 is 4.79 Å². The van der Waals surface area contributed by atoms with Gasteiger partial charge in [-0.25, -0.2) is 0 Å². The summed E-state index contributed by atoms with van der Waals surface area (Å²) < 4.78 is 0. The molecule has 2 heteroatoms. The van der Waals surface area contributed by atoms with Crippen LogP contribution in [0.3, 0.4) is 0 Å². The van der Waals surface area contributed by atoms with Gasteiger partial charge in [0.2, 0.25) is 0 Å². The average molecular weight is 255 g/mol. The molecule has 0 bridgehead atoms. The SMILES string of the molecule is CC(C)(C)c1cccc([C@H](Br)C=O)c1. The maximum atomic E-state index is 10.6. The van der Waals surface area contributed by atoms with Crippen molar-refractivity contribution in [3.63, 3.8) is 0 Å². The van der Waals surface area contributed by atoms with E-state index < -0.39 is 0 Å². The molecule has 0 unspecified atom stereocenters. The second kappa shape index (κ2) is 4.26. The molecule has 1 nitrogen and oxygen atoms in total. The molecule has 0 aromatic heterocycles. The van der Waals surface area contributed by atoms with Crippen LogP contribution >= 0.6 is 15.9 Å². The molecule has 1 rings (SSSR count). The van der Waals surface area contributed by atoms with Gasteiger partial charge in [-0.1, -0.05) is 61.0 Å². The van der Waals surface area contributed by atoms with E-state index in [-0.39, 0.29) is 10.2 Å². The van der Waals surface area contributed by atoms with Crippen LogP contribution in [0.5, 0.6) is 0 Å². The number of benzene rings is 1. The monoisotopic (exact) mass is 254 g/mol. The molecular weight excluding hydrogens is 240 g/mol. The summed E-state index contributed by atoms with van der Waals surface area (Å²) in [5.41, 5.74) is 2.40. The van der Waals surface area contributed by atoms with Gasteiger partial charge in [0.15, 0.2) is 0 Å². The van der Waals surface area contributed by atoms with Gasteiger partial charge in [0.05, 0.1) is 4.83 Å². The maximum absolute atomic E-state index is 10.6. The molecule has 0 spiro atoms. The van der Waals surface area contributed by atoms with Crippen LogP contribution in [-0.2, 0) is 10.2 Å². The molecule has 0 fully saturated rings. The van der Waals surface area contributed by atoms with Gasteiger partial charge in [-0.15, -0.1) is 0 Å². The average Bonchev–Trinajstić information content (AvgIpc) is 2.15. The summed E-state index contributed by atoms with van der Waals surface area (Å²) in [4.78, 5) is 10.4. The van der Waals surface area contributed by atoms with Crippen LogP contribution in [0.15, 0.2) is 24.3 Å². The number of hydrogen-bond donors (Lipinski definition) is 0. The van der Waals surface area contributed by atoms with Crippen molar-refractivity contribution in [2.75, 3.05) is 0 Å². The van der Waals surface area contributed by atoms with Crippen LogP contribution < -0.4 is 0 Å². The lowest BCUT2D eigenvalue weighted by molar-refractivity contribution is -0.107. The molecule has 76 valence electrons. The highest BCUT2D eigenvalue weighted by Crippen LogP contribution is 2.27. The molecule has 1 atom stereocenters. The molecule has 0 aliphatic carbocycles. The molecule has 0 N–H and O–H groups in total. The molecule has 0 heterocycles. The Kier molecular flexibility index (Phi) is 3.48. The van der Waals surface area contributed by atoms with Crippen LogP contribution in [0, 0.1) is 0 Å². The molecule has 0 amide bonds. The van der Waals surface area contributed by atoms with Crippen molar-refractivity contribution in [3.05, 3.63) is 35.4 Å². The molecule has 0 saturated heterocycles. The van der Waals surface area contributed by atoms with E-state index in [1.165, 1.54) is 5.56 Å². The molecule has 0 aliphatic rings. The quantitative estimate of drug-likeness (QED) is 0.582. The highest BCUT2D eigenvalue weighted by Gasteiger charge is 2.15. The fraction of sp³-hybridized carbons (Fsp3) is 0.417. The highest BCUT2D eigenvalue weighted by atomic mass is 79.9. The first-order valence-corrected chi connectivity index (χ1v) is 5.56. The minimum absolute atomic E-state index is 0.131. The summed E-state index contributed by atoms with van der Waals surface area (Å²) in [6, 6.07) is 8.12. The lowest BCUT2D eigenvalue weighted by Crippen LogP contribution is -2.11. The first-order valence-electron chi connectivity index (χ1n) is 4.65. The lowest BCUT2D eigenvalue weighted by atomic mass is 9.86. The minimum atomic E-state index is -0.190. The van der Waals surface area contributed by atoms with Gasteiger partial charge in [0.25, 0.3) is 0 Å². The van der Waals surface area contributed by atoms with Crippen molar-refractivity contribution in [1.29, 1.82) is 0 Å². The Bertz CT molecular complexity index is 325. The Hall–Kier alpha value is -0.630. The third kappa shape index (κ3) is 2.68. The topological polar surface area (TPSA) is 17.1 Å². The van der Waals surface area contributed by atoms with Crippen LogP contribution in [0.2, 0.25) is 0 Å². The normalized spacial score (nSPS) is 13.7. The molecule has 0 saturated carbocycles. The number of alkyl halides is 1. The summed E-state index contributed by atoms with van der Waals surface area (Å²) in [6.45, 7) is 6.49. The van der Waals surface area contributed by atoms with E-state index in [2.05, 4.69) is 48.8 Å². The van der Waals surface area contributed by atoms with Crippen LogP contribution in [0.1, 0.15) is 36.7 Å². The van der Waals surface area contributed by atoms with Gasteiger partial charge in [-0.2, -0.15) is 0 Å². The smallest absolute Gasteiger partial charge is 0.138 e. The van der Waals surface area contributed by atoms with Crippen molar-refractivity contribution in [3.8, 4) is 0 Å². The first kappa shape index (κ1) is 11.4. The predicted octanol–water partition coefficient (Wildman–Crippen LogP) is 3.62. The number of halogens is 1. The van der Waals surface area contributed by atoms with Crippen molar-refractivity contribution in [2.24, 2.45) is 0 Å². The Morgan fingerprint density at radius 1 is 1.36 bits per heavy atom. The summed E-state index contributed by atoms with van der Waals surface area (Å²) in [6.07, 6.45) is 0.905. The highest BCUT2D eigenvalue weighted by molar-refractivity contribution is 9.09. The second-order valence-electron chi connectivity index (χ2n) is 4.41. The Balaban J connectivity index is 3.07. The van der Waals surface area contributed by atoms with Crippen LogP contribution in [0.4, 0.5) is 0 Å². The first-order chi connectivity index (χ1) is 6.45. The number of carbonyl (C=O) groups excluding carboxylic acids is 1. The van der Waals surface area contributed by atoms with Crippen molar-refractivity contribution in [2.45, 2.75) is 31.0 Å². The fourth-order valence-electron chi connectivity index (χ4n) is 1.26. The zero-order chi connectivity index (χ0) is 10.8. The number of rotatable bonds is 2. The zero-order valence-corrected chi connectivity index (χ0v) is 10.3. The summed E-state index contributed by atoms with van der Waals surface area (Å²) in [5, 5.41) is 0. The van der Waals surface area contributed by atoms with E-state index >= 15 is 0 Å². The second-order valence-corrected chi connectivity index (χ2v) is 5.40. The van der Waals surface area contributed by atoms with Crippen LogP contribution in [-0.4, -0.2) is 6.29 Å². The van der Waals surface area contributed by atoms with Crippen LogP contribution in [0.25, 0.3) is 0 Å². The van der Waals surface area contributed by atoms with Gasteiger partial charge in [0.1, 0.15) is 6.29 Å². The maximum Gasteiger partial charge on any atom is 0.138 e. The minimum Gasteiger partial charge on any atom is -0.302 e. The Morgan fingerprint density at radius 2 is 2.00 bits per heavy atom. The predicted molar refractivity (Wildman–Crippen MR) is 62.9 cm³/mol. The van der Waals surface area contributed by atoms with Crippen molar-refractivity contribution in [1.82, 2.24) is 0 Å².